The van der Waals surface area contributed by atoms with E-state index in [4.69, 9.17) is 4.74 Å². The van der Waals surface area contributed by atoms with Gasteiger partial charge in [-0.05, 0) is 47.9 Å². The van der Waals surface area contributed by atoms with Gasteiger partial charge in [0.05, 0.1) is 10.6 Å². The van der Waals surface area contributed by atoms with Crippen molar-refractivity contribution in [1.29, 1.82) is 0 Å². The first kappa shape index (κ1) is 23.3. The minimum atomic E-state index is -3.90. The minimum Gasteiger partial charge on any atom is -0.489 e. The highest BCUT2D eigenvalue weighted by Gasteiger charge is 2.41. The summed E-state index contributed by atoms with van der Waals surface area (Å²) >= 11 is 0. The van der Waals surface area contributed by atoms with Gasteiger partial charge >= 0.3 is 0 Å². The van der Waals surface area contributed by atoms with E-state index in [1.807, 2.05) is 48.5 Å². The van der Waals surface area contributed by atoms with Crippen LogP contribution in [-0.4, -0.2) is 27.0 Å². The highest BCUT2D eigenvalue weighted by Crippen LogP contribution is 2.44. The molecule has 1 N–H and O–H groups in total. The Morgan fingerprint density at radius 3 is 2.11 bits per heavy atom. The van der Waals surface area contributed by atoms with E-state index < -0.39 is 16.1 Å². The second kappa shape index (κ2) is 9.41. The van der Waals surface area contributed by atoms with E-state index >= 15 is 0 Å². The van der Waals surface area contributed by atoms with Gasteiger partial charge in [0.15, 0.2) is 0 Å². The van der Waals surface area contributed by atoms with E-state index in [1.54, 1.807) is 48.5 Å². The molecule has 1 amide bonds. The van der Waals surface area contributed by atoms with Gasteiger partial charge < -0.3 is 10.1 Å². The van der Waals surface area contributed by atoms with Crippen LogP contribution in [0.4, 0.5) is 5.69 Å². The number of rotatable bonds is 6. The zero-order chi connectivity index (χ0) is 25.4. The number of benzene rings is 4. The van der Waals surface area contributed by atoms with Crippen LogP contribution in [0, 0.1) is 0 Å². The number of nitrogens with one attached hydrogen (secondary N) is 1. The van der Waals surface area contributed by atoms with E-state index in [2.05, 4.69) is 17.4 Å². The van der Waals surface area contributed by atoms with Gasteiger partial charge in [-0.25, -0.2) is 8.42 Å². The first-order valence-corrected chi connectivity index (χ1v) is 13.7. The lowest BCUT2D eigenvalue weighted by Crippen LogP contribution is -2.41. The first-order valence-electron chi connectivity index (χ1n) is 12.3. The van der Waals surface area contributed by atoms with Crippen molar-refractivity contribution >= 4 is 21.6 Å². The van der Waals surface area contributed by atoms with Crippen molar-refractivity contribution in [3.05, 3.63) is 126 Å². The molecule has 4 aromatic rings. The number of sulfonamides is 1. The van der Waals surface area contributed by atoms with Crippen LogP contribution in [0.1, 0.15) is 39.9 Å². The molecule has 1 aliphatic carbocycles. The number of ether oxygens (including phenoxy) is 1. The van der Waals surface area contributed by atoms with Gasteiger partial charge in [0.25, 0.3) is 15.9 Å². The average molecular weight is 511 g/mol. The summed E-state index contributed by atoms with van der Waals surface area (Å²) in [6, 6.07) is 32.5. The number of fused-ring (bicyclic) bond motifs is 1. The molecule has 0 saturated heterocycles. The predicted octanol–water partition coefficient (Wildman–Crippen LogP) is 5.30. The van der Waals surface area contributed by atoms with E-state index in [0.29, 0.717) is 22.9 Å². The van der Waals surface area contributed by atoms with Crippen molar-refractivity contribution in [1.82, 2.24) is 5.32 Å². The van der Waals surface area contributed by atoms with Crippen LogP contribution in [0.2, 0.25) is 0 Å². The lowest BCUT2D eigenvalue weighted by Gasteiger charge is -2.38. The maximum atomic E-state index is 13.9. The van der Waals surface area contributed by atoms with Crippen LogP contribution in [0.25, 0.3) is 0 Å². The largest absolute Gasteiger partial charge is 0.489 e. The Morgan fingerprint density at radius 1 is 0.811 bits per heavy atom. The maximum Gasteiger partial charge on any atom is 0.265 e. The zero-order valence-corrected chi connectivity index (χ0v) is 20.8. The van der Waals surface area contributed by atoms with Gasteiger partial charge in [0.1, 0.15) is 18.4 Å². The third-order valence-electron chi connectivity index (χ3n) is 6.96. The number of carbonyl (C=O) groups excluding carboxylic acids is 1. The molecular formula is C30H26N2O4S. The van der Waals surface area contributed by atoms with E-state index in [0.717, 1.165) is 12.0 Å². The lowest BCUT2D eigenvalue weighted by molar-refractivity contribution is 0.0949. The third-order valence-corrected chi connectivity index (χ3v) is 8.80. The fourth-order valence-electron chi connectivity index (χ4n) is 4.94. The van der Waals surface area contributed by atoms with E-state index in [1.165, 1.54) is 9.87 Å². The fourth-order valence-corrected chi connectivity index (χ4v) is 6.60. The molecule has 0 bridgehead atoms. The molecule has 37 heavy (non-hydrogen) atoms. The molecule has 1 heterocycles. The van der Waals surface area contributed by atoms with Gasteiger partial charge in [-0.3, -0.25) is 9.10 Å². The highest BCUT2D eigenvalue weighted by atomic mass is 32.2. The molecule has 1 unspecified atom stereocenters. The minimum absolute atomic E-state index is 0.0873. The monoisotopic (exact) mass is 510 g/mol. The van der Waals surface area contributed by atoms with Crippen LogP contribution in [0.3, 0.4) is 0 Å². The Hall–Kier alpha value is -4.10. The van der Waals surface area contributed by atoms with E-state index in [-0.39, 0.29) is 23.5 Å². The Bertz CT molecular complexity index is 1530. The predicted molar refractivity (Wildman–Crippen MR) is 142 cm³/mol. The van der Waals surface area contributed by atoms with Gasteiger partial charge in [-0.2, -0.15) is 0 Å². The summed E-state index contributed by atoms with van der Waals surface area (Å²) in [6.07, 6.45) is 0.902. The van der Waals surface area contributed by atoms with Crippen molar-refractivity contribution in [2.24, 2.45) is 0 Å². The summed E-state index contributed by atoms with van der Waals surface area (Å²) < 4.78 is 35.2. The van der Waals surface area contributed by atoms with Crippen molar-refractivity contribution < 1.29 is 17.9 Å². The number of hydrogen-bond donors (Lipinski definition) is 1. The molecule has 2 aliphatic rings. The molecule has 1 saturated carbocycles. The van der Waals surface area contributed by atoms with E-state index in [9.17, 15) is 13.2 Å². The molecule has 186 valence electrons. The molecule has 6 nitrogen and oxygen atoms in total. The summed E-state index contributed by atoms with van der Waals surface area (Å²) in [4.78, 5) is 13.2. The molecule has 1 aliphatic heterocycles. The van der Waals surface area contributed by atoms with Crippen LogP contribution in [-0.2, 0) is 10.0 Å². The van der Waals surface area contributed by atoms with Crippen molar-refractivity contribution in [2.75, 3.05) is 10.9 Å². The lowest BCUT2D eigenvalue weighted by atomic mass is 10.0. The molecule has 0 radical (unpaired) electrons. The Labute approximate surface area is 216 Å². The molecule has 3 atom stereocenters. The van der Waals surface area contributed by atoms with Gasteiger partial charge in [-0.15, -0.1) is 0 Å². The fraction of sp³-hybridized carbons (Fsp3) is 0.167. The quantitative estimate of drug-likeness (QED) is 0.382. The number of amides is 1. The summed E-state index contributed by atoms with van der Waals surface area (Å²) in [7, 11) is -3.90. The number of hydrogen-bond acceptors (Lipinski definition) is 4. The Morgan fingerprint density at radius 2 is 1.43 bits per heavy atom. The molecule has 1 fully saturated rings. The summed E-state index contributed by atoms with van der Waals surface area (Å²) in [5, 5.41) is 3.10. The topological polar surface area (TPSA) is 75.7 Å². The normalized spacial score (nSPS) is 20.4. The summed E-state index contributed by atoms with van der Waals surface area (Å²) in [5.74, 6) is 0.490. The smallest absolute Gasteiger partial charge is 0.265 e. The van der Waals surface area contributed by atoms with Crippen LogP contribution in [0.5, 0.6) is 5.75 Å². The molecule has 4 aromatic carbocycles. The van der Waals surface area contributed by atoms with Gasteiger partial charge in [0.2, 0.25) is 0 Å². The average Bonchev–Trinajstić information content (AvgIpc) is 3.72. The van der Waals surface area contributed by atoms with Crippen molar-refractivity contribution in [3.8, 4) is 5.75 Å². The molecule has 7 heteroatoms. The standard InChI is InChI=1S/C30H26N2O4S/c33-30(31-26-19-25(26)21-10-4-1-5-11-21)23-16-17-27-29(18-23)36-20-28(22-12-6-2-7-13-22)32(27)37(34,35)24-14-8-3-9-15-24/h1-18,25-26,28H,19-20H2,(H,31,33)/t25-,26-,28?/m0/s1. The zero-order valence-electron chi connectivity index (χ0n) is 20.0. The maximum absolute atomic E-state index is 13.9. The summed E-state index contributed by atoms with van der Waals surface area (Å²) in [6.45, 7) is 0.132. The van der Waals surface area contributed by atoms with Crippen LogP contribution in [0.15, 0.2) is 114 Å². The Balaban J connectivity index is 1.31. The van der Waals surface area contributed by atoms with Crippen molar-refractivity contribution in [3.63, 3.8) is 0 Å². The van der Waals surface area contributed by atoms with Crippen molar-refractivity contribution in [2.45, 2.75) is 29.3 Å². The number of nitrogens with zero attached hydrogens (tertiary/aromatic N) is 1. The van der Waals surface area contributed by atoms with Gasteiger partial charge in [0, 0.05) is 17.5 Å². The third kappa shape index (κ3) is 4.47. The number of carbonyl (C=O) groups is 1. The molecule has 0 spiro atoms. The molecule has 0 aromatic heterocycles. The van der Waals surface area contributed by atoms with Gasteiger partial charge in [-0.1, -0.05) is 78.9 Å². The van der Waals surface area contributed by atoms with Crippen LogP contribution < -0.4 is 14.4 Å². The van der Waals surface area contributed by atoms with Crippen LogP contribution >= 0.6 is 0 Å². The molecule has 6 rings (SSSR count). The second-order valence-corrected chi connectivity index (χ2v) is 11.2. The first-order chi connectivity index (χ1) is 18.0. The number of anilines is 1. The summed E-state index contributed by atoms with van der Waals surface area (Å²) in [5.41, 5.74) is 2.90. The second-order valence-electron chi connectivity index (χ2n) is 9.37. The Kier molecular flexibility index (Phi) is 5.93. The molecular weight excluding hydrogens is 484 g/mol. The SMILES string of the molecule is O=C(N[C@H]1C[C@H]1c1ccccc1)c1ccc2c(c1)OCC(c1ccccc1)N2S(=O)(=O)c1ccccc1. The highest BCUT2D eigenvalue weighted by molar-refractivity contribution is 7.92.